The van der Waals surface area contributed by atoms with Crippen LogP contribution in [0, 0.1) is 0 Å². The maximum Gasteiger partial charge on any atom is 0.270 e. The molecule has 6 heteroatoms. The van der Waals surface area contributed by atoms with Crippen LogP contribution in [0.5, 0.6) is 5.75 Å². The van der Waals surface area contributed by atoms with Crippen molar-refractivity contribution in [2.45, 2.75) is 18.9 Å². The number of rotatable bonds is 4. The lowest BCUT2D eigenvalue weighted by atomic mass is 10.1. The normalized spacial score (nSPS) is 14.2. The average molecular weight is 235 g/mol. The highest BCUT2D eigenvalue weighted by Crippen LogP contribution is 2.29. The predicted octanol–water partition coefficient (Wildman–Crippen LogP) is 0.0813. The van der Waals surface area contributed by atoms with Gasteiger partial charge in [-0.15, -0.1) is 0 Å². The van der Waals surface area contributed by atoms with Gasteiger partial charge >= 0.3 is 0 Å². The molecule has 6 nitrogen and oxygen atoms in total. The van der Waals surface area contributed by atoms with Gasteiger partial charge in [0.2, 0.25) is 0 Å². The van der Waals surface area contributed by atoms with Gasteiger partial charge in [-0.25, -0.2) is 4.98 Å². The summed E-state index contributed by atoms with van der Waals surface area (Å²) in [5.41, 5.74) is 5.30. The Morgan fingerprint density at radius 1 is 1.53 bits per heavy atom. The van der Waals surface area contributed by atoms with Crippen LogP contribution in [0.15, 0.2) is 12.3 Å². The number of carbonyl (C=O) groups excluding carboxylic acids is 2. The highest BCUT2D eigenvalue weighted by Gasteiger charge is 2.28. The van der Waals surface area contributed by atoms with Crippen LogP contribution < -0.4 is 15.8 Å². The second-order valence-corrected chi connectivity index (χ2v) is 3.79. The molecule has 0 atom stereocenters. The van der Waals surface area contributed by atoms with E-state index in [1.165, 1.54) is 13.2 Å². The third kappa shape index (κ3) is 2.35. The molecule has 1 aliphatic rings. The van der Waals surface area contributed by atoms with E-state index in [0.717, 1.165) is 12.8 Å². The number of nitrogens with one attached hydrogen (secondary N) is 1. The van der Waals surface area contributed by atoms with Crippen molar-refractivity contribution in [3.05, 3.63) is 23.5 Å². The Hall–Kier alpha value is -2.11. The zero-order valence-electron chi connectivity index (χ0n) is 9.40. The minimum Gasteiger partial charge on any atom is -0.489 e. The van der Waals surface area contributed by atoms with Gasteiger partial charge in [0.25, 0.3) is 11.8 Å². The molecule has 1 saturated carbocycles. The van der Waals surface area contributed by atoms with Crippen LogP contribution in [-0.4, -0.2) is 29.9 Å². The molecule has 0 radical (unpaired) electrons. The summed E-state index contributed by atoms with van der Waals surface area (Å²) in [6.45, 7) is 0. The summed E-state index contributed by atoms with van der Waals surface area (Å²) in [5.74, 6) is -0.846. The predicted molar refractivity (Wildman–Crippen MR) is 59.8 cm³/mol. The third-order valence-corrected chi connectivity index (χ3v) is 2.42. The summed E-state index contributed by atoms with van der Waals surface area (Å²) in [7, 11) is 1.46. The SMILES string of the molecule is CNC(=O)c1nccc(OC2CC2)c1C(N)=O. The van der Waals surface area contributed by atoms with Crippen molar-refractivity contribution in [1.82, 2.24) is 10.3 Å². The number of amides is 2. The van der Waals surface area contributed by atoms with Gasteiger partial charge in [0.15, 0.2) is 0 Å². The molecule has 2 rings (SSSR count). The smallest absolute Gasteiger partial charge is 0.270 e. The first kappa shape index (κ1) is 11.4. The van der Waals surface area contributed by atoms with Crippen LogP contribution >= 0.6 is 0 Å². The Labute approximate surface area is 98.2 Å². The zero-order chi connectivity index (χ0) is 12.4. The van der Waals surface area contributed by atoms with Crippen molar-refractivity contribution < 1.29 is 14.3 Å². The molecule has 90 valence electrons. The zero-order valence-corrected chi connectivity index (χ0v) is 9.40. The molecule has 0 aliphatic heterocycles. The minimum absolute atomic E-state index is 0.00171. The molecular weight excluding hydrogens is 222 g/mol. The Bertz CT molecular complexity index is 469. The molecule has 1 fully saturated rings. The maximum absolute atomic E-state index is 11.6. The number of ether oxygens (including phenoxy) is 1. The fourth-order valence-electron chi connectivity index (χ4n) is 1.44. The average Bonchev–Trinajstić information content (AvgIpc) is 3.11. The van der Waals surface area contributed by atoms with E-state index in [9.17, 15) is 9.59 Å². The number of carbonyl (C=O) groups is 2. The molecule has 0 unspecified atom stereocenters. The lowest BCUT2D eigenvalue weighted by molar-refractivity contribution is 0.0935. The van der Waals surface area contributed by atoms with Crippen LogP contribution in [0.3, 0.4) is 0 Å². The van der Waals surface area contributed by atoms with Crippen molar-refractivity contribution in [3.63, 3.8) is 0 Å². The Morgan fingerprint density at radius 2 is 2.24 bits per heavy atom. The quantitative estimate of drug-likeness (QED) is 0.772. The topological polar surface area (TPSA) is 94.3 Å². The van der Waals surface area contributed by atoms with Gasteiger partial charge < -0.3 is 15.8 Å². The number of hydrogen-bond acceptors (Lipinski definition) is 4. The molecule has 0 bridgehead atoms. The third-order valence-electron chi connectivity index (χ3n) is 2.42. The van der Waals surface area contributed by atoms with Crippen LogP contribution in [0.25, 0.3) is 0 Å². The second kappa shape index (κ2) is 4.40. The van der Waals surface area contributed by atoms with E-state index >= 15 is 0 Å². The first-order valence-corrected chi connectivity index (χ1v) is 5.31. The number of aromatic nitrogens is 1. The fourth-order valence-corrected chi connectivity index (χ4v) is 1.44. The van der Waals surface area contributed by atoms with E-state index in [2.05, 4.69) is 10.3 Å². The van der Waals surface area contributed by atoms with E-state index < -0.39 is 11.8 Å². The molecule has 17 heavy (non-hydrogen) atoms. The molecule has 3 N–H and O–H groups in total. The first-order valence-electron chi connectivity index (χ1n) is 5.31. The molecule has 2 amide bonds. The molecule has 0 spiro atoms. The lowest BCUT2D eigenvalue weighted by Gasteiger charge is -2.11. The summed E-state index contributed by atoms with van der Waals surface area (Å²) >= 11 is 0. The Morgan fingerprint density at radius 3 is 2.76 bits per heavy atom. The van der Waals surface area contributed by atoms with Crippen LogP contribution in [0.4, 0.5) is 0 Å². The highest BCUT2D eigenvalue weighted by molar-refractivity contribution is 6.07. The molecular formula is C11H13N3O3. The second-order valence-electron chi connectivity index (χ2n) is 3.79. The summed E-state index contributed by atoms with van der Waals surface area (Å²) < 4.78 is 5.53. The maximum atomic E-state index is 11.6. The van der Waals surface area contributed by atoms with Crippen molar-refractivity contribution >= 4 is 11.8 Å². The van der Waals surface area contributed by atoms with Gasteiger partial charge in [0.05, 0.1) is 6.10 Å². The number of pyridine rings is 1. The van der Waals surface area contributed by atoms with E-state index in [4.69, 9.17) is 10.5 Å². The van der Waals surface area contributed by atoms with Crippen LogP contribution in [0.2, 0.25) is 0 Å². The van der Waals surface area contributed by atoms with Gasteiger partial charge in [0, 0.05) is 13.2 Å². The Kier molecular flexibility index (Phi) is 2.95. The van der Waals surface area contributed by atoms with Crippen LogP contribution in [-0.2, 0) is 0 Å². The van der Waals surface area contributed by atoms with Gasteiger partial charge in [-0.2, -0.15) is 0 Å². The lowest BCUT2D eigenvalue weighted by Crippen LogP contribution is -2.25. The monoisotopic (exact) mass is 235 g/mol. The Balaban J connectivity index is 2.43. The van der Waals surface area contributed by atoms with E-state index in [1.54, 1.807) is 6.07 Å². The van der Waals surface area contributed by atoms with Crippen molar-refractivity contribution in [1.29, 1.82) is 0 Å². The van der Waals surface area contributed by atoms with E-state index in [0.29, 0.717) is 5.75 Å². The van der Waals surface area contributed by atoms with Crippen LogP contribution in [0.1, 0.15) is 33.7 Å². The standard InChI is InChI=1S/C11H13N3O3/c1-13-11(16)9-8(10(12)15)7(4-5-14-9)17-6-2-3-6/h4-6H,2-3H2,1H3,(H2,12,15)(H,13,16). The number of hydrogen-bond donors (Lipinski definition) is 2. The first-order chi connectivity index (χ1) is 8.13. The summed E-state index contributed by atoms with van der Waals surface area (Å²) in [5, 5.41) is 2.41. The molecule has 0 aromatic carbocycles. The molecule has 1 aromatic rings. The highest BCUT2D eigenvalue weighted by atomic mass is 16.5. The molecule has 0 saturated heterocycles. The number of primary amides is 1. The van der Waals surface area contributed by atoms with Crippen molar-refractivity contribution in [2.75, 3.05) is 7.05 Å². The number of nitrogens with zero attached hydrogens (tertiary/aromatic N) is 1. The van der Waals surface area contributed by atoms with Gasteiger partial charge in [0.1, 0.15) is 17.0 Å². The van der Waals surface area contributed by atoms with Gasteiger partial charge in [-0.05, 0) is 18.9 Å². The number of nitrogens with two attached hydrogens (primary N) is 1. The van der Waals surface area contributed by atoms with Gasteiger partial charge in [-0.3, -0.25) is 9.59 Å². The minimum atomic E-state index is -0.715. The molecule has 1 aromatic heterocycles. The van der Waals surface area contributed by atoms with Crippen molar-refractivity contribution in [2.24, 2.45) is 5.73 Å². The summed E-state index contributed by atoms with van der Waals surface area (Å²) in [4.78, 5) is 26.8. The molecule has 1 aliphatic carbocycles. The van der Waals surface area contributed by atoms with E-state index in [-0.39, 0.29) is 17.4 Å². The van der Waals surface area contributed by atoms with E-state index in [1.807, 2.05) is 0 Å². The largest absolute Gasteiger partial charge is 0.489 e. The van der Waals surface area contributed by atoms with Crippen molar-refractivity contribution in [3.8, 4) is 5.75 Å². The summed E-state index contributed by atoms with van der Waals surface area (Å²) in [6.07, 6.45) is 3.45. The summed E-state index contributed by atoms with van der Waals surface area (Å²) in [6, 6.07) is 1.55. The van der Waals surface area contributed by atoms with Gasteiger partial charge in [-0.1, -0.05) is 0 Å². The molecule has 1 heterocycles. The fraction of sp³-hybridized carbons (Fsp3) is 0.364.